The van der Waals surface area contributed by atoms with Gasteiger partial charge >= 0.3 is 0 Å². The van der Waals surface area contributed by atoms with Crippen molar-refractivity contribution < 1.29 is 9.47 Å². The lowest BCUT2D eigenvalue weighted by atomic mass is 10.1. The molecule has 2 aromatic heterocycles. The summed E-state index contributed by atoms with van der Waals surface area (Å²) >= 11 is 0. The number of nitrogens with one attached hydrogen (secondary N) is 2. The number of aryl methyl sites for hydroxylation is 2. The number of pyridine rings is 1. The molecule has 1 aliphatic rings. The van der Waals surface area contributed by atoms with E-state index >= 15 is 0 Å². The molecule has 4 aromatic rings. The van der Waals surface area contributed by atoms with Gasteiger partial charge in [0, 0.05) is 44.6 Å². The van der Waals surface area contributed by atoms with Gasteiger partial charge in [-0.3, -0.25) is 0 Å². The highest BCUT2D eigenvalue weighted by molar-refractivity contribution is 5.98. The van der Waals surface area contributed by atoms with Gasteiger partial charge in [0.15, 0.2) is 11.6 Å². The van der Waals surface area contributed by atoms with Crippen LogP contribution in [0.25, 0.3) is 10.9 Å². The van der Waals surface area contributed by atoms with Crippen LogP contribution in [0.2, 0.25) is 0 Å². The highest BCUT2D eigenvalue weighted by Gasteiger charge is 2.21. The number of aromatic nitrogens is 3. The van der Waals surface area contributed by atoms with Gasteiger partial charge in [-0.25, -0.2) is 15.0 Å². The molecule has 1 saturated heterocycles. The Morgan fingerprint density at radius 2 is 1.87 bits per heavy atom. The van der Waals surface area contributed by atoms with Crippen molar-refractivity contribution in [2.45, 2.75) is 13.8 Å². The summed E-state index contributed by atoms with van der Waals surface area (Å²) in [4.78, 5) is 17.9. The molecule has 0 aliphatic carbocycles. The standard InChI is InChI=1S/C29H33N7O2/c1-6-35(4)24-9-8-22(16-19(24)2)38-25-10-7-21(15-20(25)3)34-28-26-23(32-18-33-28)17-31-29(27(26)37-5)36-13-11-30-12-14-36/h6-10,15-18,30H,1,11-14H2,2-5H3,(H,32,33,34). The van der Waals surface area contributed by atoms with Gasteiger partial charge in [0.25, 0.3) is 0 Å². The summed E-state index contributed by atoms with van der Waals surface area (Å²) in [6.45, 7) is 11.5. The Hall–Kier alpha value is -4.37. The van der Waals surface area contributed by atoms with Crippen LogP contribution in [-0.2, 0) is 0 Å². The van der Waals surface area contributed by atoms with Crippen LogP contribution in [0.15, 0.2) is 61.7 Å². The first kappa shape index (κ1) is 25.3. The molecule has 196 valence electrons. The Labute approximate surface area is 223 Å². The Balaban J connectivity index is 1.42. The highest BCUT2D eigenvalue weighted by atomic mass is 16.5. The zero-order chi connectivity index (χ0) is 26.6. The number of fused-ring (bicyclic) bond motifs is 1. The van der Waals surface area contributed by atoms with Crippen LogP contribution in [-0.4, -0.2) is 55.3 Å². The molecule has 5 rings (SSSR count). The van der Waals surface area contributed by atoms with E-state index < -0.39 is 0 Å². The molecule has 9 nitrogen and oxygen atoms in total. The van der Waals surface area contributed by atoms with Crippen molar-refractivity contribution in [3.8, 4) is 17.2 Å². The Bertz CT molecular complexity index is 1470. The summed E-state index contributed by atoms with van der Waals surface area (Å²) in [5.41, 5.74) is 4.80. The zero-order valence-electron chi connectivity index (χ0n) is 22.3. The SMILES string of the molecule is C=CN(C)c1ccc(Oc2ccc(Nc3ncnc4cnc(N5CCNCC5)c(OC)c34)cc2C)cc1C. The predicted octanol–water partition coefficient (Wildman–Crippen LogP) is 5.18. The van der Waals surface area contributed by atoms with Gasteiger partial charge in [-0.05, 0) is 67.6 Å². The zero-order valence-corrected chi connectivity index (χ0v) is 22.3. The third-order valence-corrected chi connectivity index (χ3v) is 6.72. The van der Waals surface area contributed by atoms with Crippen LogP contribution < -0.4 is 29.9 Å². The third-order valence-electron chi connectivity index (χ3n) is 6.72. The average Bonchev–Trinajstić information content (AvgIpc) is 2.94. The second-order valence-corrected chi connectivity index (χ2v) is 9.28. The molecule has 0 unspecified atom stereocenters. The molecule has 2 N–H and O–H groups in total. The van der Waals surface area contributed by atoms with Crippen LogP contribution in [0, 0.1) is 13.8 Å². The lowest BCUT2D eigenvalue weighted by Gasteiger charge is -2.29. The molecule has 1 fully saturated rings. The molecule has 1 aliphatic heterocycles. The number of ether oxygens (including phenoxy) is 2. The number of hydrogen-bond acceptors (Lipinski definition) is 9. The van der Waals surface area contributed by atoms with Gasteiger partial charge in [0.1, 0.15) is 23.6 Å². The van der Waals surface area contributed by atoms with E-state index in [0.717, 1.165) is 76.9 Å². The molecule has 0 radical (unpaired) electrons. The van der Waals surface area contributed by atoms with Crippen molar-refractivity contribution in [3.05, 3.63) is 72.8 Å². The third kappa shape index (κ3) is 5.05. The highest BCUT2D eigenvalue weighted by Crippen LogP contribution is 2.38. The smallest absolute Gasteiger partial charge is 0.174 e. The van der Waals surface area contributed by atoms with E-state index in [0.29, 0.717) is 11.6 Å². The first-order valence-electron chi connectivity index (χ1n) is 12.6. The van der Waals surface area contributed by atoms with Crippen LogP contribution in [0.3, 0.4) is 0 Å². The van der Waals surface area contributed by atoms with Crippen molar-refractivity contribution in [1.29, 1.82) is 0 Å². The van der Waals surface area contributed by atoms with E-state index in [4.69, 9.17) is 9.47 Å². The Morgan fingerprint density at radius 1 is 1.05 bits per heavy atom. The van der Waals surface area contributed by atoms with Gasteiger partial charge in [0.05, 0.1) is 24.2 Å². The second kappa shape index (κ2) is 10.9. The lowest BCUT2D eigenvalue weighted by Crippen LogP contribution is -2.44. The van der Waals surface area contributed by atoms with Crippen LogP contribution in [0.4, 0.5) is 23.0 Å². The molecular weight excluding hydrogens is 478 g/mol. The monoisotopic (exact) mass is 511 g/mol. The fourth-order valence-corrected chi connectivity index (χ4v) is 4.69. The maximum atomic E-state index is 6.22. The predicted molar refractivity (Wildman–Crippen MR) is 153 cm³/mol. The van der Waals surface area contributed by atoms with E-state index in [9.17, 15) is 0 Å². The van der Waals surface area contributed by atoms with E-state index in [1.54, 1.807) is 19.5 Å². The first-order chi connectivity index (χ1) is 18.5. The summed E-state index contributed by atoms with van der Waals surface area (Å²) in [6, 6.07) is 12.0. The normalized spacial score (nSPS) is 13.3. The number of rotatable bonds is 8. The van der Waals surface area contributed by atoms with Gasteiger partial charge in [-0.1, -0.05) is 6.58 Å². The summed E-state index contributed by atoms with van der Waals surface area (Å²) in [5, 5.41) is 7.64. The summed E-state index contributed by atoms with van der Waals surface area (Å²) in [5.74, 6) is 3.71. The first-order valence-corrected chi connectivity index (χ1v) is 12.6. The van der Waals surface area contributed by atoms with Gasteiger partial charge in [-0.15, -0.1) is 0 Å². The fourth-order valence-electron chi connectivity index (χ4n) is 4.69. The van der Waals surface area contributed by atoms with Crippen molar-refractivity contribution >= 4 is 33.9 Å². The maximum absolute atomic E-state index is 6.22. The quantitative estimate of drug-likeness (QED) is 0.332. The summed E-state index contributed by atoms with van der Waals surface area (Å²) < 4.78 is 12.1. The number of benzene rings is 2. The van der Waals surface area contributed by atoms with Crippen LogP contribution >= 0.6 is 0 Å². The molecule has 3 heterocycles. The van der Waals surface area contributed by atoms with Crippen molar-refractivity contribution in [3.63, 3.8) is 0 Å². The van der Waals surface area contributed by atoms with E-state index in [-0.39, 0.29) is 0 Å². The molecule has 2 aromatic carbocycles. The topological polar surface area (TPSA) is 87.7 Å². The second-order valence-electron chi connectivity index (χ2n) is 9.28. The van der Waals surface area contributed by atoms with Crippen molar-refractivity contribution in [2.24, 2.45) is 0 Å². The van der Waals surface area contributed by atoms with E-state index in [1.165, 1.54) is 6.33 Å². The number of hydrogen-bond donors (Lipinski definition) is 2. The molecule has 38 heavy (non-hydrogen) atoms. The molecule has 0 saturated carbocycles. The molecule has 9 heteroatoms. The van der Waals surface area contributed by atoms with E-state index in [1.807, 2.05) is 55.3 Å². The molecule has 0 bridgehead atoms. The Morgan fingerprint density at radius 3 is 2.58 bits per heavy atom. The van der Waals surface area contributed by atoms with Crippen LogP contribution in [0.1, 0.15) is 11.1 Å². The van der Waals surface area contributed by atoms with Crippen molar-refractivity contribution in [2.75, 3.05) is 55.5 Å². The number of methoxy groups -OCH3 is 1. The van der Waals surface area contributed by atoms with Crippen molar-refractivity contribution in [1.82, 2.24) is 20.3 Å². The molecule has 0 spiro atoms. The molecular formula is C29H33N7O2. The van der Waals surface area contributed by atoms with Gasteiger partial charge in [0.2, 0.25) is 0 Å². The average molecular weight is 512 g/mol. The lowest BCUT2D eigenvalue weighted by molar-refractivity contribution is 0.416. The number of anilines is 4. The minimum absolute atomic E-state index is 0.663. The van der Waals surface area contributed by atoms with Crippen LogP contribution in [0.5, 0.6) is 17.2 Å². The molecule has 0 atom stereocenters. The summed E-state index contributed by atoms with van der Waals surface area (Å²) in [6.07, 6.45) is 5.11. The minimum atomic E-state index is 0.663. The van der Waals surface area contributed by atoms with E-state index in [2.05, 4.69) is 44.0 Å². The number of piperazine rings is 1. The largest absolute Gasteiger partial charge is 0.492 e. The Kier molecular flexibility index (Phi) is 7.28. The fraction of sp³-hybridized carbons (Fsp3) is 0.276. The van der Waals surface area contributed by atoms with Gasteiger partial charge < -0.3 is 29.9 Å². The van der Waals surface area contributed by atoms with Gasteiger partial charge in [-0.2, -0.15) is 0 Å². The number of nitrogens with zero attached hydrogens (tertiary/aromatic N) is 5. The minimum Gasteiger partial charge on any atom is -0.492 e. The maximum Gasteiger partial charge on any atom is 0.174 e. The molecule has 0 amide bonds. The summed E-state index contributed by atoms with van der Waals surface area (Å²) in [7, 11) is 3.64.